The minimum atomic E-state index is -3.66. The van der Waals surface area contributed by atoms with Crippen molar-refractivity contribution >= 4 is 49.7 Å². The highest BCUT2D eigenvalue weighted by Gasteiger charge is 2.14. The number of carbonyl (C=O) groups is 1. The second-order valence-corrected chi connectivity index (χ2v) is 8.91. The van der Waals surface area contributed by atoms with E-state index in [0.29, 0.717) is 22.1 Å². The Kier molecular flexibility index (Phi) is 6.86. The van der Waals surface area contributed by atoms with Crippen LogP contribution in [0.2, 0.25) is 5.02 Å². The van der Waals surface area contributed by atoms with Gasteiger partial charge in [0.2, 0.25) is 10.0 Å². The molecule has 0 aliphatic rings. The molecule has 1 aromatic heterocycles. The van der Waals surface area contributed by atoms with Crippen LogP contribution in [0.5, 0.6) is 0 Å². The second-order valence-electron chi connectivity index (χ2n) is 5.79. The summed E-state index contributed by atoms with van der Waals surface area (Å²) in [6, 6.07) is 15.9. The lowest BCUT2D eigenvalue weighted by atomic mass is 10.2. The Balaban J connectivity index is 1.55. The molecular formula is C19H15BrClN3O4S. The lowest BCUT2D eigenvalue weighted by Gasteiger charge is -2.05. The van der Waals surface area contributed by atoms with Gasteiger partial charge in [-0.1, -0.05) is 27.5 Å². The average molecular weight is 497 g/mol. The zero-order chi connectivity index (χ0) is 20.9. The molecule has 0 aliphatic heterocycles. The van der Waals surface area contributed by atoms with Gasteiger partial charge >= 0.3 is 0 Å². The highest BCUT2D eigenvalue weighted by molar-refractivity contribution is 9.10. The van der Waals surface area contributed by atoms with Gasteiger partial charge < -0.3 is 4.42 Å². The Labute approximate surface area is 180 Å². The van der Waals surface area contributed by atoms with E-state index in [-0.39, 0.29) is 11.4 Å². The van der Waals surface area contributed by atoms with Gasteiger partial charge in [0.1, 0.15) is 11.5 Å². The summed E-state index contributed by atoms with van der Waals surface area (Å²) in [4.78, 5) is 12.1. The maximum absolute atomic E-state index is 12.3. The fraction of sp³-hybridized carbons (Fsp3) is 0.0526. The van der Waals surface area contributed by atoms with Gasteiger partial charge in [0.05, 0.1) is 17.7 Å². The molecule has 7 nitrogen and oxygen atoms in total. The Morgan fingerprint density at radius 2 is 1.76 bits per heavy atom. The highest BCUT2D eigenvalue weighted by atomic mass is 79.9. The summed E-state index contributed by atoms with van der Waals surface area (Å²) in [5, 5.41) is 4.36. The number of halogens is 2. The standard InChI is InChI=1S/C19H15BrClN3O4S/c20-14-3-9-18(10-4-14)29(26,27)23-12-17-8-7-16(28-17)11-22-24-19(25)13-1-5-15(21)6-2-13/h1-11,23H,12H2,(H,24,25)/b22-11-. The van der Waals surface area contributed by atoms with Crippen LogP contribution in [0.15, 0.2) is 79.6 Å². The first-order valence-electron chi connectivity index (χ1n) is 8.26. The molecule has 0 atom stereocenters. The van der Waals surface area contributed by atoms with Crippen molar-refractivity contribution in [2.24, 2.45) is 5.10 Å². The van der Waals surface area contributed by atoms with Gasteiger partial charge in [-0.2, -0.15) is 5.10 Å². The third-order valence-corrected chi connectivity index (χ3v) is 5.90. The fourth-order valence-corrected chi connectivity index (χ4v) is 3.63. The SMILES string of the molecule is O=C(N/N=C\c1ccc(CNS(=O)(=O)c2ccc(Br)cc2)o1)c1ccc(Cl)cc1. The molecule has 29 heavy (non-hydrogen) atoms. The first kappa shape index (κ1) is 21.3. The number of hydrogen-bond acceptors (Lipinski definition) is 5. The van der Waals surface area contributed by atoms with Gasteiger partial charge in [-0.25, -0.2) is 18.6 Å². The van der Waals surface area contributed by atoms with Crippen molar-refractivity contribution < 1.29 is 17.6 Å². The molecule has 1 amide bonds. The Morgan fingerprint density at radius 1 is 1.07 bits per heavy atom. The Morgan fingerprint density at radius 3 is 2.45 bits per heavy atom. The summed E-state index contributed by atoms with van der Waals surface area (Å²) < 4.78 is 33.3. The van der Waals surface area contributed by atoms with E-state index < -0.39 is 15.9 Å². The van der Waals surface area contributed by atoms with Gasteiger partial charge in [0.25, 0.3) is 5.91 Å². The van der Waals surface area contributed by atoms with E-state index in [1.54, 1.807) is 48.5 Å². The van der Waals surface area contributed by atoms with Crippen LogP contribution in [0.3, 0.4) is 0 Å². The number of nitrogens with zero attached hydrogens (tertiary/aromatic N) is 1. The summed E-state index contributed by atoms with van der Waals surface area (Å²) in [5.74, 6) is 0.363. The van der Waals surface area contributed by atoms with Crippen molar-refractivity contribution in [3.8, 4) is 0 Å². The summed E-state index contributed by atoms with van der Waals surface area (Å²) >= 11 is 9.04. The molecule has 0 saturated heterocycles. The normalized spacial score (nSPS) is 11.7. The van der Waals surface area contributed by atoms with Crippen molar-refractivity contribution in [2.45, 2.75) is 11.4 Å². The maximum atomic E-state index is 12.3. The fourth-order valence-electron chi connectivity index (χ4n) is 2.24. The van der Waals surface area contributed by atoms with E-state index in [4.69, 9.17) is 16.0 Å². The predicted molar refractivity (Wildman–Crippen MR) is 113 cm³/mol. The number of sulfonamides is 1. The molecule has 0 spiro atoms. The number of nitrogens with one attached hydrogen (secondary N) is 2. The van der Waals surface area contributed by atoms with Crippen LogP contribution in [0, 0.1) is 0 Å². The number of rotatable bonds is 7. The zero-order valence-electron chi connectivity index (χ0n) is 14.8. The third kappa shape index (κ3) is 6.01. The third-order valence-electron chi connectivity index (χ3n) is 3.71. The molecule has 0 radical (unpaired) electrons. The molecule has 150 valence electrons. The van der Waals surface area contributed by atoms with Crippen molar-refractivity contribution in [3.05, 3.63) is 87.2 Å². The highest BCUT2D eigenvalue weighted by Crippen LogP contribution is 2.15. The first-order chi connectivity index (χ1) is 13.8. The quantitative estimate of drug-likeness (QED) is 0.382. The van der Waals surface area contributed by atoms with E-state index in [0.717, 1.165) is 4.47 Å². The van der Waals surface area contributed by atoms with E-state index >= 15 is 0 Å². The van der Waals surface area contributed by atoms with E-state index in [1.807, 2.05) is 0 Å². The zero-order valence-corrected chi connectivity index (χ0v) is 18.0. The summed E-state index contributed by atoms with van der Waals surface area (Å²) in [7, 11) is -3.66. The minimum Gasteiger partial charge on any atom is -0.459 e. The summed E-state index contributed by atoms with van der Waals surface area (Å²) in [5.41, 5.74) is 2.78. The van der Waals surface area contributed by atoms with Crippen LogP contribution in [0.25, 0.3) is 0 Å². The average Bonchev–Trinajstić information content (AvgIpc) is 3.15. The maximum Gasteiger partial charge on any atom is 0.271 e. The van der Waals surface area contributed by atoms with Crippen molar-refractivity contribution in [3.63, 3.8) is 0 Å². The number of carbonyl (C=O) groups excluding carboxylic acids is 1. The first-order valence-corrected chi connectivity index (χ1v) is 10.9. The molecule has 2 aromatic carbocycles. The second kappa shape index (κ2) is 9.36. The van der Waals surface area contributed by atoms with Crippen LogP contribution in [-0.2, 0) is 16.6 Å². The topological polar surface area (TPSA) is 101 Å². The van der Waals surface area contributed by atoms with Gasteiger partial charge in [-0.15, -0.1) is 0 Å². The molecule has 3 aromatic rings. The number of hydrogen-bond donors (Lipinski definition) is 2. The van der Waals surface area contributed by atoms with Crippen molar-refractivity contribution in [2.75, 3.05) is 0 Å². The van der Waals surface area contributed by atoms with Gasteiger partial charge in [0.15, 0.2) is 0 Å². The molecule has 3 rings (SSSR count). The van der Waals surface area contributed by atoms with E-state index in [1.165, 1.54) is 18.3 Å². The van der Waals surface area contributed by atoms with Crippen molar-refractivity contribution in [1.29, 1.82) is 0 Å². The molecule has 2 N–H and O–H groups in total. The van der Waals surface area contributed by atoms with E-state index in [9.17, 15) is 13.2 Å². The number of amides is 1. The minimum absolute atomic E-state index is 0.0244. The van der Waals surface area contributed by atoms with E-state index in [2.05, 4.69) is 31.2 Å². The molecule has 1 heterocycles. The van der Waals surface area contributed by atoms with Crippen molar-refractivity contribution in [1.82, 2.24) is 10.1 Å². The van der Waals surface area contributed by atoms with Gasteiger partial charge in [0, 0.05) is 15.1 Å². The molecule has 0 saturated carbocycles. The smallest absolute Gasteiger partial charge is 0.271 e. The molecule has 0 bridgehead atoms. The molecular weight excluding hydrogens is 482 g/mol. The van der Waals surface area contributed by atoms with Crippen LogP contribution in [-0.4, -0.2) is 20.5 Å². The Hall–Kier alpha value is -2.46. The van der Waals surface area contributed by atoms with Gasteiger partial charge in [-0.3, -0.25) is 4.79 Å². The lowest BCUT2D eigenvalue weighted by Crippen LogP contribution is -2.22. The van der Waals surface area contributed by atoms with Crippen LogP contribution >= 0.6 is 27.5 Å². The van der Waals surface area contributed by atoms with Crippen LogP contribution < -0.4 is 10.1 Å². The Bertz CT molecular complexity index is 1130. The summed E-state index contributed by atoms with van der Waals surface area (Å²) in [6.45, 7) is -0.0244. The molecule has 0 fully saturated rings. The largest absolute Gasteiger partial charge is 0.459 e. The predicted octanol–water partition coefficient (Wildman–Crippen LogP) is 3.94. The molecule has 0 unspecified atom stereocenters. The van der Waals surface area contributed by atoms with Crippen LogP contribution in [0.4, 0.5) is 0 Å². The molecule has 0 aliphatic carbocycles. The van der Waals surface area contributed by atoms with Gasteiger partial charge in [-0.05, 0) is 60.7 Å². The lowest BCUT2D eigenvalue weighted by molar-refractivity contribution is 0.0955. The number of benzene rings is 2. The number of furan rings is 1. The monoisotopic (exact) mass is 495 g/mol. The van der Waals surface area contributed by atoms with Crippen LogP contribution in [0.1, 0.15) is 21.9 Å². The summed E-state index contributed by atoms with van der Waals surface area (Å²) in [6.07, 6.45) is 1.32. The molecule has 10 heteroatoms. The number of hydrazone groups is 1.